The lowest BCUT2D eigenvalue weighted by atomic mass is 10.00. The van der Waals surface area contributed by atoms with Crippen LogP contribution in [-0.2, 0) is 19.6 Å². The van der Waals surface area contributed by atoms with Crippen LogP contribution < -0.4 is 4.74 Å². The van der Waals surface area contributed by atoms with Gasteiger partial charge in [0.2, 0.25) is 0 Å². The van der Waals surface area contributed by atoms with Gasteiger partial charge in [0.15, 0.2) is 0 Å². The number of aliphatic hydroxyl groups is 2. The number of nitrogens with zero attached hydrogens (tertiary/aromatic N) is 1. The molecule has 0 saturated heterocycles. The quantitative estimate of drug-likeness (QED) is 0.710. The summed E-state index contributed by atoms with van der Waals surface area (Å²) in [6, 6.07) is 22.6. The van der Waals surface area contributed by atoms with Crippen molar-refractivity contribution in [1.29, 1.82) is 5.26 Å². The van der Waals surface area contributed by atoms with Crippen LogP contribution in [0.5, 0.6) is 11.5 Å². The molecule has 3 aromatic rings. The van der Waals surface area contributed by atoms with Crippen molar-refractivity contribution in [3.63, 3.8) is 0 Å². The fourth-order valence-corrected chi connectivity index (χ4v) is 2.80. The average molecular weight is 345 g/mol. The van der Waals surface area contributed by atoms with Gasteiger partial charge in [0.05, 0.1) is 24.8 Å². The highest BCUT2D eigenvalue weighted by atomic mass is 16.5. The molecule has 0 saturated carbocycles. The maximum absolute atomic E-state index is 9.72. The highest BCUT2D eigenvalue weighted by Crippen LogP contribution is 2.29. The van der Waals surface area contributed by atoms with E-state index in [1.165, 1.54) is 5.56 Å². The van der Waals surface area contributed by atoms with Gasteiger partial charge in [0, 0.05) is 5.56 Å². The molecule has 3 aromatic carbocycles. The zero-order chi connectivity index (χ0) is 18.4. The van der Waals surface area contributed by atoms with Crippen LogP contribution >= 0.6 is 0 Å². The van der Waals surface area contributed by atoms with Crippen molar-refractivity contribution in [2.75, 3.05) is 0 Å². The van der Waals surface area contributed by atoms with Crippen LogP contribution in [0.3, 0.4) is 0 Å². The van der Waals surface area contributed by atoms with Gasteiger partial charge in [-0.2, -0.15) is 5.26 Å². The number of rotatable bonds is 6. The second kappa shape index (κ2) is 8.30. The van der Waals surface area contributed by atoms with Crippen molar-refractivity contribution in [1.82, 2.24) is 0 Å². The van der Waals surface area contributed by atoms with E-state index in [9.17, 15) is 10.2 Å². The van der Waals surface area contributed by atoms with Gasteiger partial charge in [-0.3, -0.25) is 0 Å². The number of aliphatic hydroxyl groups excluding tert-OH is 2. The molecule has 0 radical (unpaired) electrons. The largest absolute Gasteiger partial charge is 0.457 e. The second-order valence-corrected chi connectivity index (χ2v) is 5.95. The Labute approximate surface area is 152 Å². The SMILES string of the molecule is N#Cc1ccc(Oc2ccc(Cc3ccccc3)c(CO)c2)c(CO)c1. The molecular weight excluding hydrogens is 326 g/mol. The molecule has 2 N–H and O–H groups in total. The monoisotopic (exact) mass is 345 g/mol. The molecular formula is C22H19NO3. The van der Waals surface area contributed by atoms with E-state index >= 15 is 0 Å². The zero-order valence-electron chi connectivity index (χ0n) is 14.2. The van der Waals surface area contributed by atoms with Gasteiger partial charge in [-0.05, 0) is 53.4 Å². The van der Waals surface area contributed by atoms with Gasteiger partial charge in [-0.25, -0.2) is 0 Å². The molecule has 0 unspecified atom stereocenters. The molecule has 0 atom stereocenters. The van der Waals surface area contributed by atoms with E-state index in [4.69, 9.17) is 10.00 Å². The van der Waals surface area contributed by atoms with E-state index in [2.05, 4.69) is 12.1 Å². The number of ether oxygens (including phenoxy) is 1. The van der Waals surface area contributed by atoms with Crippen LogP contribution in [0.4, 0.5) is 0 Å². The van der Waals surface area contributed by atoms with Crippen molar-refractivity contribution in [2.45, 2.75) is 19.6 Å². The van der Waals surface area contributed by atoms with E-state index in [1.54, 1.807) is 24.3 Å². The molecule has 0 aliphatic carbocycles. The Balaban J connectivity index is 1.85. The van der Waals surface area contributed by atoms with Crippen molar-refractivity contribution in [2.24, 2.45) is 0 Å². The van der Waals surface area contributed by atoms with Crippen LogP contribution in [0, 0.1) is 11.3 Å². The van der Waals surface area contributed by atoms with Gasteiger partial charge in [0.1, 0.15) is 11.5 Å². The standard InChI is InChI=1S/C22H19NO3/c23-13-17-6-9-22(20(11-17)15-25)26-21-8-7-18(19(12-21)14-24)10-16-4-2-1-3-5-16/h1-9,11-12,24-25H,10,14-15H2. The van der Waals surface area contributed by atoms with Gasteiger partial charge >= 0.3 is 0 Å². The lowest BCUT2D eigenvalue weighted by Crippen LogP contribution is -1.98. The number of hydrogen-bond acceptors (Lipinski definition) is 4. The number of nitriles is 1. The Morgan fingerprint density at radius 2 is 1.58 bits per heavy atom. The average Bonchev–Trinajstić information content (AvgIpc) is 2.70. The summed E-state index contributed by atoms with van der Waals surface area (Å²) in [4.78, 5) is 0. The Morgan fingerprint density at radius 3 is 2.27 bits per heavy atom. The first kappa shape index (κ1) is 17.7. The highest BCUT2D eigenvalue weighted by Gasteiger charge is 2.09. The minimum atomic E-state index is -0.218. The van der Waals surface area contributed by atoms with Gasteiger partial charge in [-0.15, -0.1) is 0 Å². The molecule has 4 heteroatoms. The minimum absolute atomic E-state index is 0.0837. The molecule has 0 aromatic heterocycles. The first-order chi connectivity index (χ1) is 12.7. The minimum Gasteiger partial charge on any atom is -0.457 e. The topological polar surface area (TPSA) is 73.5 Å². The summed E-state index contributed by atoms with van der Waals surface area (Å²) in [5.41, 5.74) is 4.02. The van der Waals surface area contributed by atoms with E-state index in [1.807, 2.05) is 36.4 Å². The summed E-state index contributed by atoms with van der Waals surface area (Å²) in [7, 11) is 0. The Kier molecular flexibility index (Phi) is 5.65. The Morgan fingerprint density at radius 1 is 0.808 bits per heavy atom. The summed E-state index contributed by atoms with van der Waals surface area (Å²) >= 11 is 0. The lowest BCUT2D eigenvalue weighted by Gasteiger charge is -2.13. The summed E-state index contributed by atoms with van der Waals surface area (Å²) in [5.74, 6) is 1.07. The van der Waals surface area contributed by atoms with Crippen LogP contribution in [0.25, 0.3) is 0 Å². The van der Waals surface area contributed by atoms with E-state index < -0.39 is 0 Å². The molecule has 4 nitrogen and oxygen atoms in total. The fourth-order valence-electron chi connectivity index (χ4n) is 2.80. The van der Waals surface area contributed by atoms with Crippen molar-refractivity contribution in [3.05, 3.63) is 94.5 Å². The summed E-state index contributed by atoms with van der Waals surface area (Å²) in [6.45, 7) is -0.302. The molecule has 0 heterocycles. The lowest BCUT2D eigenvalue weighted by molar-refractivity contribution is 0.275. The van der Waals surface area contributed by atoms with E-state index in [0.717, 1.165) is 17.5 Å². The molecule has 130 valence electrons. The van der Waals surface area contributed by atoms with Crippen molar-refractivity contribution < 1.29 is 14.9 Å². The molecule has 0 spiro atoms. The molecule has 0 bridgehead atoms. The Hall–Kier alpha value is -3.13. The third kappa shape index (κ3) is 4.09. The highest BCUT2D eigenvalue weighted by molar-refractivity contribution is 5.45. The van der Waals surface area contributed by atoms with Crippen LogP contribution in [-0.4, -0.2) is 10.2 Å². The molecule has 0 aliphatic heterocycles. The fraction of sp³-hybridized carbons (Fsp3) is 0.136. The molecule has 0 amide bonds. The molecule has 26 heavy (non-hydrogen) atoms. The predicted octanol–water partition coefficient (Wildman–Crippen LogP) is 3.93. The van der Waals surface area contributed by atoms with Crippen LogP contribution in [0.15, 0.2) is 66.7 Å². The maximum Gasteiger partial charge on any atom is 0.133 e. The van der Waals surface area contributed by atoms with Gasteiger partial charge < -0.3 is 14.9 Å². The normalized spacial score (nSPS) is 10.3. The zero-order valence-corrected chi connectivity index (χ0v) is 14.2. The molecule has 3 rings (SSSR count). The maximum atomic E-state index is 9.72. The second-order valence-electron chi connectivity index (χ2n) is 5.95. The van der Waals surface area contributed by atoms with Crippen LogP contribution in [0.2, 0.25) is 0 Å². The van der Waals surface area contributed by atoms with Crippen molar-refractivity contribution >= 4 is 0 Å². The third-order valence-corrected chi connectivity index (χ3v) is 4.17. The predicted molar refractivity (Wildman–Crippen MR) is 98.8 cm³/mol. The van der Waals surface area contributed by atoms with Gasteiger partial charge in [-0.1, -0.05) is 36.4 Å². The van der Waals surface area contributed by atoms with E-state index in [0.29, 0.717) is 22.6 Å². The first-order valence-electron chi connectivity index (χ1n) is 8.32. The first-order valence-corrected chi connectivity index (χ1v) is 8.32. The van der Waals surface area contributed by atoms with E-state index in [-0.39, 0.29) is 13.2 Å². The summed E-state index contributed by atoms with van der Waals surface area (Å²) in [5, 5.41) is 28.2. The molecule has 0 fully saturated rings. The number of hydrogen-bond donors (Lipinski definition) is 2. The van der Waals surface area contributed by atoms with Crippen LogP contribution in [0.1, 0.15) is 27.8 Å². The smallest absolute Gasteiger partial charge is 0.133 e. The summed E-state index contributed by atoms with van der Waals surface area (Å²) < 4.78 is 5.87. The van der Waals surface area contributed by atoms with Crippen molar-refractivity contribution in [3.8, 4) is 17.6 Å². The van der Waals surface area contributed by atoms with Gasteiger partial charge in [0.25, 0.3) is 0 Å². The summed E-state index contributed by atoms with van der Waals surface area (Å²) in [6.07, 6.45) is 0.732. The third-order valence-electron chi connectivity index (χ3n) is 4.17. The number of benzene rings is 3. The Bertz CT molecular complexity index is 930. The molecule has 0 aliphatic rings.